The number of hydrogen-bond acceptors (Lipinski definition) is 4. The molecule has 0 spiro atoms. The molecule has 0 bridgehead atoms. The largest absolute Gasteiger partial charge is 0.381 e. The SMILES string of the molecule is CN=C(NCC1(N2CCCC2)CCOCC1)NC1CCN(C2CC2)CC1.I. The normalized spacial score (nSPS) is 28.0. The quantitative estimate of drug-likeness (QED) is 0.350. The Kier molecular flexibility index (Phi) is 8.05. The predicted octanol–water partition coefficient (Wildman–Crippen LogP) is 2.04. The predicted molar refractivity (Wildman–Crippen MR) is 121 cm³/mol. The maximum atomic E-state index is 5.67. The van der Waals surface area contributed by atoms with Crippen LogP contribution in [0.15, 0.2) is 4.99 Å². The Morgan fingerprint density at radius 2 is 1.70 bits per heavy atom. The Labute approximate surface area is 181 Å². The summed E-state index contributed by atoms with van der Waals surface area (Å²) in [6, 6.07) is 1.47. The fourth-order valence-electron chi connectivity index (χ4n) is 5.03. The second kappa shape index (κ2) is 10.1. The van der Waals surface area contributed by atoms with Crippen LogP contribution in [0.2, 0.25) is 0 Å². The zero-order valence-corrected chi connectivity index (χ0v) is 19.2. The smallest absolute Gasteiger partial charge is 0.191 e. The van der Waals surface area contributed by atoms with Crippen molar-refractivity contribution in [3.8, 4) is 0 Å². The zero-order valence-electron chi connectivity index (χ0n) is 16.9. The van der Waals surface area contributed by atoms with Gasteiger partial charge in [-0.2, -0.15) is 0 Å². The molecule has 4 rings (SSSR count). The molecule has 27 heavy (non-hydrogen) atoms. The molecule has 156 valence electrons. The highest BCUT2D eigenvalue weighted by molar-refractivity contribution is 14.0. The Morgan fingerprint density at radius 3 is 2.30 bits per heavy atom. The third kappa shape index (κ3) is 5.48. The molecule has 3 heterocycles. The summed E-state index contributed by atoms with van der Waals surface area (Å²) in [6.07, 6.45) is 10.3. The van der Waals surface area contributed by atoms with Crippen molar-refractivity contribution >= 4 is 29.9 Å². The van der Waals surface area contributed by atoms with Crippen molar-refractivity contribution in [1.29, 1.82) is 0 Å². The fourth-order valence-corrected chi connectivity index (χ4v) is 5.03. The summed E-state index contributed by atoms with van der Waals surface area (Å²) < 4.78 is 5.67. The molecule has 0 aromatic rings. The summed E-state index contributed by atoms with van der Waals surface area (Å²) in [6.45, 7) is 7.74. The number of guanidine groups is 1. The van der Waals surface area contributed by atoms with E-state index in [9.17, 15) is 0 Å². The summed E-state index contributed by atoms with van der Waals surface area (Å²) in [5.74, 6) is 0.986. The van der Waals surface area contributed by atoms with Crippen LogP contribution in [0.4, 0.5) is 0 Å². The Hall–Kier alpha value is -0.120. The van der Waals surface area contributed by atoms with Crippen LogP contribution in [-0.2, 0) is 4.74 Å². The third-order valence-electron chi connectivity index (χ3n) is 6.94. The van der Waals surface area contributed by atoms with E-state index in [1.807, 2.05) is 7.05 Å². The first-order valence-corrected chi connectivity index (χ1v) is 10.8. The summed E-state index contributed by atoms with van der Waals surface area (Å²) in [5, 5.41) is 7.37. The maximum absolute atomic E-state index is 5.67. The van der Waals surface area contributed by atoms with Gasteiger partial charge in [0.05, 0.1) is 0 Å². The van der Waals surface area contributed by atoms with Crippen molar-refractivity contribution in [2.24, 2.45) is 4.99 Å². The average molecular weight is 491 g/mol. The summed E-state index contributed by atoms with van der Waals surface area (Å²) in [4.78, 5) is 9.91. The van der Waals surface area contributed by atoms with Gasteiger partial charge in [-0.05, 0) is 64.5 Å². The van der Waals surface area contributed by atoms with Gasteiger partial charge in [-0.1, -0.05) is 0 Å². The molecule has 0 aromatic carbocycles. The average Bonchev–Trinajstić information content (AvgIpc) is 3.39. The molecule has 0 unspecified atom stereocenters. The van der Waals surface area contributed by atoms with Gasteiger partial charge in [-0.3, -0.25) is 9.89 Å². The minimum absolute atomic E-state index is 0. The van der Waals surface area contributed by atoms with Gasteiger partial charge in [0, 0.05) is 57.5 Å². The minimum Gasteiger partial charge on any atom is -0.381 e. The Balaban J connectivity index is 0.00000210. The van der Waals surface area contributed by atoms with Gasteiger partial charge >= 0.3 is 0 Å². The highest BCUT2D eigenvalue weighted by Gasteiger charge is 2.39. The second-order valence-corrected chi connectivity index (χ2v) is 8.64. The van der Waals surface area contributed by atoms with Crippen LogP contribution in [0.3, 0.4) is 0 Å². The molecule has 4 fully saturated rings. The first kappa shape index (κ1) is 21.6. The lowest BCUT2D eigenvalue weighted by atomic mass is 9.88. The van der Waals surface area contributed by atoms with Crippen molar-refractivity contribution in [1.82, 2.24) is 20.4 Å². The Morgan fingerprint density at radius 1 is 1.04 bits per heavy atom. The van der Waals surface area contributed by atoms with Gasteiger partial charge < -0.3 is 20.3 Å². The van der Waals surface area contributed by atoms with Crippen LogP contribution in [0, 0.1) is 0 Å². The lowest BCUT2D eigenvalue weighted by Gasteiger charge is -2.45. The minimum atomic E-state index is 0. The van der Waals surface area contributed by atoms with Crippen molar-refractivity contribution in [3.63, 3.8) is 0 Å². The lowest BCUT2D eigenvalue weighted by Crippen LogP contribution is -2.59. The van der Waals surface area contributed by atoms with Gasteiger partial charge in [0.2, 0.25) is 0 Å². The second-order valence-electron chi connectivity index (χ2n) is 8.64. The van der Waals surface area contributed by atoms with Gasteiger partial charge in [0.15, 0.2) is 5.96 Å². The topological polar surface area (TPSA) is 52.1 Å². The maximum Gasteiger partial charge on any atom is 0.191 e. The van der Waals surface area contributed by atoms with Crippen molar-refractivity contribution < 1.29 is 4.74 Å². The summed E-state index contributed by atoms with van der Waals surface area (Å²) >= 11 is 0. The number of nitrogens with zero attached hydrogens (tertiary/aromatic N) is 3. The highest BCUT2D eigenvalue weighted by Crippen LogP contribution is 2.31. The van der Waals surface area contributed by atoms with E-state index in [0.29, 0.717) is 6.04 Å². The van der Waals surface area contributed by atoms with E-state index in [4.69, 9.17) is 4.74 Å². The fraction of sp³-hybridized carbons (Fsp3) is 0.950. The lowest BCUT2D eigenvalue weighted by molar-refractivity contribution is -0.0164. The molecule has 7 heteroatoms. The number of ether oxygens (including phenoxy) is 1. The van der Waals surface area contributed by atoms with Crippen molar-refractivity contribution in [3.05, 3.63) is 0 Å². The van der Waals surface area contributed by atoms with Crippen LogP contribution < -0.4 is 10.6 Å². The van der Waals surface area contributed by atoms with Crippen LogP contribution >= 0.6 is 24.0 Å². The van der Waals surface area contributed by atoms with Crippen LogP contribution in [0.5, 0.6) is 0 Å². The van der Waals surface area contributed by atoms with Gasteiger partial charge in [-0.25, -0.2) is 0 Å². The van der Waals surface area contributed by atoms with Gasteiger partial charge in [0.25, 0.3) is 0 Å². The highest BCUT2D eigenvalue weighted by atomic mass is 127. The standard InChI is InChI=1S/C20H37N5O.HI/c1-21-19(23-17-6-12-24(13-7-17)18-4-5-18)22-16-20(8-14-26-15-9-20)25-10-2-3-11-25;/h17-18H,2-16H2,1H3,(H2,21,22,23);1H. The number of rotatable bonds is 5. The molecule has 2 N–H and O–H groups in total. The number of hydrogen-bond donors (Lipinski definition) is 2. The first-order chi connectivity index (χ1) is 12.8. The van der Waals surface area contributed by atoms with E-state index in [1.54, 1.807) is 0 Å². The van der Waals surface area contributed by atoms with E-state index in [2.05, 4.69) is 25.4 Å². The Bertz CT molecular complexity index is 479. The van der Waals surface area contributed by atoms with Gasteiger partial charge in [0.1, 0.15) is 0 Å². The molecule has 0 atom stereocenters. The van der Waals surface area contributed by atoms with E-state index in [0.717, 1.165) is 44.6 Å². The number of likely N-dealkylation sites (tertiary alicyclic amines) is 2. The molecule has 3 aliphatic heterocycles. The summed E-state index contributed by atoms with van der Waals surface area (Å²) in [7, 11) is 1.90. The molecule has 3 saturated heterocycles. The summed E-state index contributed by atoms with van der Waals surface area (Å²) in [5.41, 5.74) is 0.252. The van der Waals surface area contributed by atoms with Crippen LogP contribution in [0.25, 0.3) is 0 Å². The van der Waals surface area contributed by atoms with Crippen molar-refractivity contribution in [2.45, 2.75) is 69.0 Å². The molecular weight excluding hydrogens is 453 g/mol. The molecule has 0 amide bonds. The van der Waals surface area contributed by atoms with Crippen LogP contribution in [-0.4, -0.2) is 86.4 Å². The van der Waals surface area contributed by atoms with Gasteiger partial charge in [-0.15, -0.1) is 24.0 Å². The van der Waals surface area contributed by atoms with E-state index in [1.165, 1.54) is 64.7 Å². The molecule has 1 aliphatic carbocycles. The third-order valence-corrected chi connectivity index (χ3v) is 6.94. The number of piperidine rings is 1. The van der Waals surface area contributed by atoms with Crippen molar-refractivity contribution in [2.75, 3.05) is 53.0 Å². The zero-order chi connectivity index (χ0) is 17.8. The van der Waals surface area contributed by atoms with E-state index < -0.39 is 0 Å². The molecular formula is C20H38IN5O. The molecule has 4 aliphatic rings. The van der Waals surface area contributed by atoms with Crippen LogP contribution in [0.1, 0.15) is 51.4 Å². The molecule has 0 radical (unpaired) electrons. The number of aliphatic imine (C=N–C) groups is 1. The molecule has 0 aromatic heterocycles. The molecule has 6 nitrogen and oxygen atoms in total. The van der Waals surface area contributed by atoms with E-state index >= 15 is 0 Å². The first-order valence-electron chi connectivity index (χ1n) is 10.8. The van der Waals surface area contributed by atoms with E-state index in [-0.39, 0.29) is 29.5 Å². The monoisotopic (exact) mass is 491 g/mol. The molecule has 1 saturated carbocycles. The number of nitrogens with one attached hydrogen (secondary N) is 2. The number of halogens is 1.